The number of ether oxygens (including phenoxy) is 1. The summed E-state index contributed by atoms with van der Waals surface area (Å²) in [6.07, 6.45) is 4.28. The lowest BCUT2D eigenvalue weighted by atomic mass is 10.1. The van der Waals surface area contributed by atoms with E-state index in [9.17, 15) is 4.79 Å². The van der Waals surface area contributed by atoms with Crippen LogP contribution in [0.4, 0.5) is 10.5 Å². The molecule has 0 fully saturated rings. The normalized spacial score (nSPS) is 13.1. The van der Waals surface area contributed by atoms with Gasteiger partial charge < -0.3 is 15.0 Å². The van der Waals surface area contributed by atoms with Crippen LogP contribution in [-0.4, -0.2) is 37.5 Å². The summed E-state index contributed by atoms with van der Waals surface area (Å²) in [7, 11) is 0. The summed E-state index contributed by atoms with van der Waals surface area (Å²) in [6.45, 7) is 4.01. The molecule has 1 aliphatic heterocycles. The lowest BCUT2D eigenvalue weighted by Gasteiger charge is -2.28. The Balaban J connectivity index is 1.42. The van der Waals surface area contributed by atoms with Gasteiger partial charge in [0, 0.05) is 18.4 Å². The molecule has 1 aromatic carbocycles. The summed E-state index contributed by atoms with van der Waals surface area (Å²) in [6, 6.07) is 11.4. The maximum absolute atomic E-state index is 12.7. The molecule has 0 saturated carbocycles. The van der Waals surface area contributed by atoms with Gasteiger partial charge in [-0.3, -0.25) is 4.98 Å². The molecule has 1 aliphatic rings. The first-order valence-electron chi connectivity index (χ1n) is 9.32. The van der Waals surface area contributed by atoms with Crippen LogP contribution in [0.1, 0.15) is 23.9 Å². The minimum atomic E-state index is -0.125. The molecule has 0 saturated heterocycles. The van der Waals surface area contributed by atoms with Gasteiger partial charge in [-0.1, -0.05) is 24.3 Å². The molecular weight excluding hydrogens is 356 g/mol. The fourth-order valence-corrected chi connectivity index (χ4v) is 3.14. The van der Waals surface area contributed by atoms with Gasteiger partial charge >= 0.3 is 6.03 Å². The zero-order valence-corrected chi connectivity index (χ0v) is 15.7. The van der Waals surface area contributed by atoms with Crippen molar-refractivity contribution in [1.82, 2.24) is 24.9 Å². The Morgan fingerprint density at radius 3 is 3.00 bits per heavy atom. The number of benzene rings is 1. The van der Waals surface area contributed by atoms with Crippen molar-refractivity contribution >= 4 is 11.7 Å². The number of rotatable bonds is 5. The van der Waals surface area contributed by atoms with E-state index in [4.69, 9.17) is 4.74 Å². The van der Waals surface area contributed by atoms with Crippen LogP contribution in [0.15, 0.2) is 48.8 Å². The van der Waals surface area contributed by atoms with E-state index < -0.39 is 0 Å². The summed E-state index contributed by atoms with van der Waals surface area (Å²) in [5.74, 6) is 0.672. The van der Waals surface area contributed by atoms with E-state index in [0.717, 1.165) is 23.5 Å². The van der Waals surface area contributed by atoms with Crippen LogP contribution >= 0.6 is 0 Å². The van der Waals surface area contributed by atoms with E-state index in [1.165, 1.54) is 5.56 Å². The number of aryl methyl sites for hydroxylation is 1. The van der Waals surface area contributed by atoms with Crippen molar-refractivity contribution in [3.63, 3.8) is 0 Å². The second-order valence-electron chi connectivity index (χ2n) is 6.59. The van der Waals surface area contributed by atoms with E-state index >= 15 is 0 Å². The molecule has 0 atom stereocenters. The Morgan fingerprint density at radius 1 is 1.25 bits per heavy atom. The standard InChI is InChI=1S/C20H22N6O2/c1-2-15-5-3-6-16(11-15)22-20(27)25-9-10-26-19(13-25)18(23-24-26)14-28-17-7-4-8-21-12-17/h3-8,11-12H,2,9-10,13-14H2,1H3,(H,22,27). The number of pyridine rings is 1. The Bertz CT molecular complexity index is 956. The molecule has 144 valence electrons. The summed E-state index contributed by atoms with van der Waals surface area (Å²) in [4.78, 5) is 18.5. The number of carbonyl (C=O) groups excluding carboxylic acids is 1. The fraction of sp³-hybridized carbons (Fsp3) is 0.300. The van der Waals surface area contributed by atoms with Crippen molar-refractivity contribution in [2.24, 2.45) is 0 Å². The predicted molar refractivity (Wildman–Crippen MR) is 104 cm³/mol. The minimum absolute atomic E-state index is 0.125. The highest BCUT2D eigenvalue weighted by atomic mass is 16.5. The third kappa shape index (κ3) is 3.95. The zero-order valence-electron chi connectivity index (χ0n) is 15.7. The van der Waals surface area contributed by atoms with E-state index in [1.54, 1.807) is 17.3 Å². The van der Waals surface area contributed by atoms with E-state index in [2.05, 4.69) is 33.6 Å². The summed E-state index contributed by atoms with van der Waals surface area (Å²) in [5, 5.41) is 11.4. The van der Waals surface area contributed by atoms with Crippen molar-refractivity contribution in [2.45, 2.75) is 33.0 Å². The van der Waals surface area contributed by atoms with Crippen molar-refractivity contribution in [2.75, 3.05) is 11.9 Å². The predicted octanol–water partition coefficient (Wildman–Crippen LogP) is 2.86. The number of amides is 2. The number of hydrogen-bond acceptors (Lipinski definition) is 5. The fourth-order valence-electron chi connectivity index (χ4n) is 3.14. The molecule has 4 rings (SSSR count). The van der Waals surface area contributed by atoms with Crippen LogP contribution in [0.5, 0.6) is 5.75 Å². The molecule has 0 radical (unpaired) electrons. The number of fused-ring (bicyclic) bond motifs is 1. The van der Waals surface area contributed by atoms with Gasteiger partial charge in [0.15, 0.2) is 0 Å². The summed E-state index contributed by atoms with van der Waals surface area (Å²) >= 11 is 0. The SMILES string of the molecule is CCc1cccc(NC(=O)N2CCn3nnc(COc4cccnc4)c3C2)c1. The number of hydrogen-bond donors (Lipinski definition) is 1. The first-order chi connectivity index (χ1) is 13.7. The number of anilines is 1. The van der Waals surface area contributed by atoms with E-state index in [1.807, 2.05) is 35.0 Å². The smallest absolute Gasteiger partial charge is 0.322 e. The molecule has 3 heterocycles. The number of aromatic nitrogens is 4. The van der Waals surface area contributed by atoms with Gasteiger partial charge in [-0.15, -0.1) is 5.10 Å². The van der Waals surface area contributed by atoms with Crippen LogP contribution in [-0.2, 0) is 26.1 Å². The van der Waals surface area contributed by atoms with Crippen LogP contribution in [0, 0.1) is 0 Å². The molecule has 3 aromatic rings. The molecule has 0 bridgehead atoms. The molecule has 0 aliphatic carbocycles. The van der Waals surface area contributed by atoms with Crippen molar-refractivity contribution in [3.8, 4) is 5.75 Å². The highest BCUT2D eigenvalue weighted by Gasteiger charge is 2.25. The summed E-state index contributed by atoms with van der Waals surface area (Å²) in [5.41, 5.74) is 3.62. The van der Waals surface area contributed by atoms with Crippen molar-refractivity contribution < 1.29 is 9.53 Å². The molecule has 28 heavy (non-hydrogen) atoms. The van der Waals surface area contributed by atoms with Gasteiger partial charge in [-0.05, 0) is 36.2 Å². The minimum Gasteiger partial charge on any atom is -0.486 e. The van der Waals surface area contributed by atoms with Gasteiger partial charge in [-0.25, -0.2) is 9.48 Å². The highest BCUT2D eigenvalue weighted by molar-refractivity contribution is 5.89. The Hall–Kier alpha value is -3.42. The lowest BCUT2D eigenvalue weighted by Crippen LogP contribution is -2.41. The Labute approximate surface area is 163 Å². The average Bonchev–Trinajstić information content (AvgIpc) is 3.15. The number of nitrogens with zero attached hydrogens (tertiary/aromatic N) is 5. The van der Waals surface area contributed by atoms with E-state index in [0.29, 0.717) is 25.4 Å². The van der Waals surface area contributed by atoms with Gasteiger partial charge in [0.05, 0.1) is 25.0 Å². The molecule has 0 unspecified atom stereocenters. The molecule has 1 N–H and O–H groups in total. The maximum Gasteiger partial charge on any atom is 0.322 e. The highest BCUT2D eigenvalue weighted by Crippen LogP contribution is 2.19. The average molecular weight is 378 g/mol. The van der Waals surface area contributed by atoms with Crippen LogP contribution in [0.3, 0.4) is 0 Å². The topological polar surface area (TPSA) is 85.2 Å². The summed E-state index contributed by atoms with van der Waals surface area (Å²) < 4.78 is 7.57. The second kappa shape index (κ2) is 8.08. The Morgan fingerprint density at radius 2 is 2.18 bits per heavy atom. The van der Waals surface area contributed by atoms with Crippen LogP contribution < -0.4 is 10.1 Å². The third-order valence-electron chi connectivity index (χ3n) is 4.72. The molecule has 8 heteroatoms. The van der Waals surface area contributed by atoms with Gasteiger partial charge in [-0.2, -0.15) is 0 Å². The monoisotopic (exact) mass is 378 g/mol. The quantitative estimate of drug-likeness (QED) is 0.738. The van der Waals surface area contributed by atoms with Gasteiger partial charge in [0.1, 0.15) is 18.1 Å². The van der Waals surface area contributed by atoms with Gasteiger partial charge in [0.2, 0.25) is 0 Å². The first kappa shape index (κ1) is 18.0. The molecule has 0 spiro atoms. The largest absolute Gasteiger partial charge is 0.486 e. The Kier molecular flexibility index (Phi) is 5.18. The van der Waals surface area contributed by atoms with Crippen molar-refractivity contribution in [1.29, 1.82) is 0 Å². The maximum atomic E-state index is 12.7. The third-order valence-corrected chi connectivity index (χ3v) is 4.72. The number of carbonyl (C=O) groups is 1. The lowest BCUT2D eigenvalue weighted by molar-refractivity contribution is 0.193. The number of urea groups is 1. The molecule has 8 nitrogen and oxygen atoms in total. The van der Waals surface area contributed by atoms with E-state index in [-0.39, 0.29) is 12.6 Å². The zero-order chi connectivity index (χ0) is 19.3. The molecule has 2 aromatic heterocycles. The second-order valence-corrected chi connectivity index (χ2v) is 6.59. The number of nitrogens with one attached hydrogen (secondary N) is 1. The van der Waals surface area contributed by atoms with Crippen molar-refractivity contribution in [3.05, 3.63) is 65.7 Å². The van der Waals surface area contributed by atoms with Crippen LogP contribution in [0.2, 0.25) is 0 Å². The molecular formula is C20H22N6O2. The van der Waals surface area contributed by atoms with Gasteiger partial charge in [0.25, 0.3) is 0 Å². The van der Waals surface area contributed by atoms with Crippen LogP contribution in [0.25, 0.3) is 0 Å². The molecule has 2 amide bonds. The first-order valence-corrected chi connectivity index (χ1v) is 9.32.